The van der Waals surface area contributed by atoms with Gasteiger partial charge in [-0.15, -0.1) is 0 Å². The highest BCUT2D eigenvalue weighted by Crippen LogP contribution is 2.00. The van der Waals surface area contributed by atoms with Crippen LogP contribution in [0.2, 0.25) is 0 Å². The maximum absolute atomic E-state index is 11.7. The molecule has 1 aliphatic rings. The van der Waals surface area contributed by atoms with E-state index in [-0.39, 0.29) is 29.5 Å². The Morgan fingerprint density at radius 2 is 2.28 bits per heavy atom. The van der Waals surface area contributed by atoms with Gasteiger partial charge in [0.25, 0.3) is 0 Å². The van der Waals surface area contributed by atoms with Crippen molar-refractivity contribution < 1.29 is 17.9 Å². The highest BCUT2D eigenvalue weighted by atomic mass is 32.2. The van der Waals surface area contributed by atoms with Gasteiger partial charge in [0.2, 0.25) is 5.91 Å². The molecular weight excluding hydrogens is 256 g/mol. The molecule has 1 aliphatic heterocycles. The zero-order valence-electron chi connectivity index (χ0n) is 10.9. The number of rotatable bonds is 6. The van der Waals surface area contributed by atoms with Crippen LogP contribution in [0.1, 0.15) is 20.3 Å². The van der Waals surface area contributed by atoms with Crippen LogP contribution < -0.4 is 10.6 Å². The van der Waals surface area contributed by atoms with Crippen molar-refractivity contribution in [3.63, 3.8) is 0 Å². The first-order chi connectivity index (χ1) is 8.43. The Balaban J connectivity index is 2.30. The number of carbonyl (C=O) groups excluding carboxylic acids is 1. The molecule has 1 amide bonds. The number of carbonyl (C=O) groups is 1. The zero-order valence-corrected chi connectivity index (χ0v) is 11.8. The highest BCUT2D eigenvalue weighted by molar-refractivity contribution is 7.91. The standard InChI is InChI=1S/C11H22N2O4S/c1-3-18(15,16)8-9(2)13-11(14)6-10-7-17-5-4-12-10/h9-10,12H,3-8H2,1-2H3,(H,13,14). The van der Waals surface area contributed by atoms with E-state index in [1.807, 2.05) is 0 Å². The molecule has 0 spiro atoms. The van der Waals surface area contributed by atoms with Crippen molar-refractivity contribution in [3.8, 4) is 0 Å². The third-order valence-corrected chi connectivity index (χ3v) is 4.67. The fraction of sp³-hybridized carbons (Fsp3) is 0.909. The lowest BCUT2D eigenvalue weighted by molar-refractivity contribution is -0.122. The van der Waals surface area contributed by atoms with Crippen LogP contribution in [0.15, 0.2) is 0 Å². The lowest BCUT2D eigenvalue weighted by Crippen LogP contribution is -2.46. The van der Waals surface area contributed by atoms with Gasteiger partial charge in [-0.1, -0.05) is 6.92 Å². The molecule has 2 atom stereocenters. The summed E-state index contributed by atoms with van der Waals surface area (Å²) in [5, 5.41) is 5.88. The fourth-order valence-corrected chi connectivity index (χ4v) is 2.93. The third-order valence-electron chi connectivity index (χ3n) is 2.78. The molecule has 1 fully saturated rings. The first-order valence-electron chi connectivity index (χ1n) is 6.24. The summed E-state index contributed by atoms with van der Waals surface area (Å²) in [4.78, 5) is 11.7. The number of ether oxygens (including phenoxy) is 1. The molecule has 1 rings (SSSR count). The second-order valence-corrected chi connectivity index (χ2v) is 7.00. The SMILES string of the molecule is CCS(=O)(=O)CC(C)NC(=O)CC1COCCN1. The van der Waals surface area contributed by atoms with Gasteiger partial charge in [-0.25, -0.2) is 8.42 Å². The largest absolute Gasteiger partial charge is 0.378 e. The molecule has 0 radical (unpaired) electrons. The van der Waals surface area contributed by atoms with Crippen molar-refractivity contribution in [1.82, 2.24) is 10.6 Å². The summed E-state index contributed by atoms with van der Waals surface area (Å²) >= 11 is 0. The van der Waals surface area contributed by atoms with E-state index in [0.717, 1.165) is 6.54 Å². The topological polar surface area (TPSA) is 84.5 Å². The summed E-state index contributed by atoms with van der Waals surface area (Å²) in [6.45, 7) is 5.25. The lowest BCUT2D eigenvalue weighted by atomic mass is 10.2. The molecule has 7 heteroatoms. The van der Waals surface area contributed by atoms with Gasteiger partial charge in [-0.3, -0.25) is 4.79 Å². The monoisotopic (exact) mass is 278 g/mol. The van der Waals surface area contributed by atoms with Crippen LogP contribution in [0.5, 0.6) is 0 Å². The minimum Gasteiger partial charge on any atom is -0.378 e. The molecule has 0 aliphatic carbocycles. The van der Waals surface area contributed by atoms with Crippen molar-refractivity contribution in [2.75, 3.05) is 31.3 Å². The molecule has 106 valence electrons. The molecule has 1 heterocycles. The van der Waals surface area contributed by atoms with Crippen LogP contribution in [-0.2, 0) is 19.4 Å². The van der Waals surface area contributed by atoms with Crippen molar-refractivity contribution in [1.29, 1.82) is 0 Å². The molecule has 0 aromatic rings. The minimum absolute atomic E-state index is 0.0101. The number of hydrogen-bond donors (Lipinski definition) is 2. The fourth-order valence-electron chi connectivity index (χ4n) is 1.85. The predicted molar refractivity (Wildman–Crippen MR) is 69.2 cm³/mol. The van der Waals surface area contributed by atoms with Gasteiger partial charge in [-0.05, 0) is 6.92 Å². The Morgan fingerprint density at radius 1 is 1.56 bits per heavy atom. The summed E-state index contributed by atoms with van der Waals surface area (Å²) in [5.41, 5.74) is 0. The number of amides is 1. The Bertz CT molecular complexity index is 363. The Labute approximate surface area is 108 Å². The molecule has 2 unspecified atom stereocenters. The molecule has 0 aromatic heterocycles. The quantitative estimate of drug-likeness (QED) is 0.671. The van der Waals surface area contributed by atoms with Gasteiger partial charge in [0.1, 0.15) is 0 Å². The summed E-state index contributed by atoms with van der Waals surface area (Å²) in [5.74, 6) is -0.0495. The van der Waals surface area contributed by atoms with Gasteiger partial charge >= 0.3 is 0 Å². The maximum Gasteiger partial charge on any atom is 0.221 e. The van der Waals surface area contributed by atoms with Crippen LogP contribution >= 0.6 is 0 Å². The van der Waals surface area contributed by atoms with E-state index in [1.165, 1.54) is 0 Å². The Kier molecular flexibility index (Phi) is 6.04. The van der Waals surface area contributed by atoms with Crippen molar-refractivity contribution in [2.24, 2.45) is 0 Å². The number of morpholine rings is 1. The van der Waals surface area contributed by atoms with Crippen LogP contribution in [0.3, 0.4) is 0 Å². The maximum atomic E-state index is 11.7. The average Bonchev–Trinajstić information content (AvgIpc) is 2.29. The first-order valence-corrected chi connectivity index (χ1v) is 8.06. The van der Waals surface area contributed by atoms with Crippen LogP contribution in [0.4, 0.5) is 0 Å². The van der Waals surface area contributed by atoms with Gasteiger partial charge < -0.3 is 15.4 Å². The second-order valence-electron chi connectivity index (χ2n) is 4.60. The van der Waals surface area contributed by atoms with Crippen molar-refractivity contribution in [2.45, 2.75) is 32.4 Å². The van der Waals surface area contributed by atoms with Crippen LogP contribution in [-0.4, -0.2) is 57.7 Å². The van der Waals surface area contributed by atoms with Gasteiger partial charge in [0.15, 0.2) is 9.84 Å². The molecular formula is C11H22N2O4S. The molecule has 2 N–H and O–H groups in total. The Morgan fingerprint density at radius 3 is 2.83 bits per heavy atom. The van der Waals surface area contributed by atoms with E-state index in [1.54, 1.807) is 13.8 Å². The molecule has 18 heavy (non-hydrogen) atoms. The van der Waals surface area contributed by atoms with E-state index in [2.05, 4.69) is 10.6 Å². The lowest BCUT2D eigenvalue weighted by Gasteiger charge is -2.24. The summed E-state index contributed by atoms with van der Waals surface area (Å²) in [6, 6.07) is -0.333. The smallest absolute Gasteiger partial charge is 0.221 e. The number of sulfone groups is 1. The third kappa shape index (κ3) is 5.79. The minimum atomic E-state index is -3.05. The molecule has 0 aromatic carbocycles. The number of hydrogen-bond acceptors (Lipinski definition) is 5. The van der Waals surface area contributed by atoms with E-state index >= 15 is 0 Å². The van der Waals surface area contributed by atoms with Crippen molar-refractivity contribution in [3.05, 3.63) is 0 Å². The van der Waals surface area contributed by atoms with Gasteiger partial charge in [0, 0.05) is 30.8 Å². The van der Waals surface area contributed by atoms with Crippen LogP contribution in [0.25, 0.3) is 0 Å². The first kappa shape index (κ1) is 15.4. The summed E-state index contributed by atoms with van der Waals surface area (Å²) in [7, 11) is -3.05. The zero-order chi connectivity index (χ0) is 13.6. The average molecular weight is 278 g/mol. The second kappa shape index (κ2) is 7.06. The molecule has 0 saturated carbocycles. The number of nitrogens with one attached hydrogen (secondary N) is 2. The van der Waals surface area contributed by atoms with E-state index in [9.17, 15) is 13.2 Å². The highest BCUT2D eigenvalue weighted by Gasteiger charge is 2.19. The molecule has 6 nitrogen and oxygen atoms in total. The van der Waals surface area contributed by atoms with Gasteiger partial charge in [-0.2, -0.15) is 0 Å². The van der Waals surface area contributed by atoms with Crippen molar-refractivity contribution >= 4 is 15.7 Å². The van der Waals surface area contributed by atoms with E-state index in [4.69, 9.17) is 4.74 Å². The molecule has 1 saturated heterocycles. The summed E-state index contributed by atoms with van der Waals surface area (Å²) < 4.78 is 28.0. The van der Waals surface area contributed by atoms with E-state index < -0.39 is 9.84 Å². The van der Waals surface area contributed by atoms with E-state index in [0.29, 0.717) is 19.6 Å². The normalized spacial score (nSPS) is 22.4. The molecule has 0 bridgehead atoms. The summed E-state index contributed by atoms with van der Waals surface area (Å²) in [6.07, 6.45) is 0.316. The van der Waals surface area contributed by atoms with Gasteiger partial charge in [0.05, 0.1) is 19.0 Å². The van der Waals surface area contributed by atoms with Crippen LogP contribution in [0, 0.1) is 0 Å². The Hall–Kier alpha value is -0.660. The predicted octanol–water partition coefficient (Wildman–Crippen LogP) is -0.696.